The van der Waals surface area contributed by atoms with Gasteiger partial charge in [-0.25, -0.2) is 8.42 Å². The SMILES string of the molecule is CCCCOC(=O)[C@@H]1C[C@@H]2CCCC[C@H]2N1S(=O)(=O)c1ccccc1. The number of carbonyl (C=O) groups is 1. The van der Waals surface area contributed by atoms with Crippen LogP contribution in [0.15, 0.2) is 35.2 Å². The van der Waals surface area contributed by atoms with Crippen molar-refractivity contribution in [1.82, 2.24) is 4.31 Å². The maximum absolute atomic E-state index is 13.3. The van der Waals surface area contributed by atoms with Crippen LogP contribution >= 0.6 is 0 Å². The molecule has 0 spiro atoms. The van der Waals surface area contributed by atoms with Gasteiger partial charge in [-0.1, -0.05) is 44.4 Å². The molecule has 0 aromatic heterocycles. The second-order valence-electron chi connectivity index (χ2n) is 7.03. The summed E-state index contributed by atoms with van der Waals surface area (Å²) in [5.74, 6) is -0.127. The Hall–Kier alpha value is -1.40. The van der Waals surface area contributed by atoms with Crippen molar-refractivity contribution < 1.29 is 17.9 Å². The number of carbonyl (C=O) groups excluding carboxylic acids is 1. The Balaban J connectivity index is 1.89. The molecule has 1 heterocycles. The Bertz CT molecular complexity index is 689. The van der Waals surface area contributed by atoms with E-state index in [1.807, 2.05) is 6.92 Å². The highest BCUT2D eigenvalue weighted by Crippen LogP contribution is 2.43. The molecule has 0 N–H and O–H groups in total. The molecule has 25 heavy (non-hydrogen) atoms. The Labute approximate surface area is 150 Å². The summed E-state index contributed by atoms with van der Waals surface area (Å²) in [5, 5.41) is 0. The van der Waals surface area contributed by atoms with Crippen LogP contribution in [0.3, 0.4) is 0 Å². The fourth-order valence-electron chi connectivity index (χ4n) is 4.09. The molecule has 0 amide bonds. The van der Waals surface area contributed by atoms with Gasteiger partial charge in [0.25, 0.3) is 0 Å². The Morgan fingerprint density at radius 2 is 1.92 bits per heavy atom. The van der Waals surface area contributed by atoms with Gasteiger partial charge < -0.3 is 4.74 Å². The van der Waals surface area contributed by atoms with Gasteiger partial charge in [0.15, 0.2) is 0 Å². The van der Waals surface area contributed by atoms with Crippen molar-refractivity contribution in [2.45, 2.75) is 68.8 Å². The van der Waals surface area contributed by atoms with Gasteiger partial charge in [-0.05, 0) is 43.7 Å². The zero-order chi connectivity index (χ0) is 17.9. The average molecular weight is 365 g/mol. The van der Waals surface area contributed by atoms with E-state index in [-0.39, 0.29) is 22.8 Å². The lowest BCUT2D eigenvalue weighted by atomic mass is 9.85. The van der Waals surface area contributed by atoms with Crippen LogP contribution in [0, 0.1) is 5.92 Å². The van der Waals surface area contributed by atoms with E-state index in [9.17, 15) is 13.2 Å². The van der Waals surface area contributed by atoms with Crippen LogP contribution in [-0.2, 0) is 19.6 Å². The van der Waals surface area contributed by atoms with E-state index < -0.39 is 16.1 Å². The van der Waals surface area contributed by atoms with Gasteiger partial charge in [0.2, 0.25) is 10.0 Å². The van der Waals surface area contributed by atoms with Gasteiger partial charge in [-0.2, -0.15) is 4.31 Å². The maximum atomic E-state index is 13.3. The van der Waals surface area contributed by atoms with Crippen LogP contribution < -0.4 is 0 Å². The Kier molecular flexibility index (Phi) is 5.79. The monoisotopic (exact) mass is 365 g/mol. The van der Waals surface area contributed by atoms with Crippen LogP contribution in [0.4, 0.5) is 0 Å². The number of hydrogen-bond donors (Lipinski definition) is 0. The average Bonchev–Trinajstić information content (AvgIpc) is 3.03. The Morgan fingerprint density at radius 3 is 2.64 bits per heavy atom. The third-order valence-corrected chi connectivity index (χ3v) is 7.31. The molecule has 3 atom stereocenters. The molecule has 1 saturated heterocycles. The number of sulfonamides is 1. The number of hydrogen-bond acceptors (Lipinski definition) is 4. The molecule has 1 saturated carbocycles. The molecule has 1 aliphatic carbocycles. The summed E-state index contributed by atoms with van der Waals surface area (Å²) < 4.78 is 33.4. The summed E-state index contributed by atoms with van der Waals surface area (Å²) in [6, 6.07) is 7.67. The fraction of sp³-hybridized carbons (Fsp3) is 0.632. The van der Waals surface area contributed by atoms with Crippen LogP contribution in [0.2, 0.25) is 0 Å². The topological polar surface area (TPSA) is 63.7 Å². The highest BCUT2D eigenvalue weighted by atomic mass is 32.2. The van der Waals surface area contributed by atoms with Crippen molar-refractivity contribution in [3.63, 3.8) is 0 Å². The van der Waals surface area contributed by atoms with Crippen molar-refractivity contribution in [2.24, 2.45) is 5.92 Å². The third-order valence-electron chi connectivity index (χ3n) is 5.36. The lowest BCUT2D eigenvalue weighted by Crippen LogP contribution is -2.46. The number of rotatable bonds is 6. The molecule has 1 aromatic rings. The van der Waals surface area contributed by atoms with Crippen molar-refractivity contribution in [2.75, 3.05) is 6.61 Å². The molecule has 2 fully saturated rings. The van der Waals surface area contributed by atoms with E-state index in [0.29, 0.717) is 13.0 Å². The lowest BCUT2D eigenvalue weighted by Gasteiger charge is -2.32. The smallest absolute Gasteiger partial charge is 0.324 e. The summed E-state index contributed by atoms with van der Waals surface area (Å²) in [6.45, 7) is 2.39. The van der Waals surface area contributed by atoms with Crippen molar-refractivity contribution in [3.8, 4) is 0 Å². The second-order valence-corrected chi connectivity index (χ2v) is 8.88. The number of unbranched alkanes of at least 4 members (excludes halogenated alkanes) is 1. The predicted octanol–water partition coefficient (Wildman–Crippen LogP) is 3.35. The predicted molar refractivity (Wildman–Crippen MR) is 95.5 cm³/mol. The molecule has 2 aliphatic rings. The minimum Gasteiger partial charge on any atom is -0.464 e. The van der Waals surface area contributed by atoms with Gasteiger partial charge in [0, 0.05) is 6.04 Å². The standard InChI is InChI=1S/C19H27NO4S/c1-2-3-13-24-19(21)18-14-15-9-7-8-12-17(15)20(18)25(22,23)16-10-5-4-6-11-16/h4-6,10-11,15,17-18H,2-3,7-9,12-14H2,1H3/t15-,17+,18-/m0/s1. The lowest BCUT2D eigenvalue weighted by molar-refractivity contribution is -0.147. The highest BCUT2D eigenvalue weighted by molar-refractivity contribution is 7.89. The van der Waals surface area contributed by atoms with Crippen LogP contribution in [0.25, 0.3) is 0 Å². The third kappa shape index (κ3) is 3.75. The van der Waals surface area contributed by atoms with Gasteiger partial charge in [0.05, 0.1) is 11.5 Å². The van der Waals surface area contributed by atoms with Crippen molar-refractivity contribution in [1.29, 1.82) is 0 Å². The van der Waals surface area contributed by atoms with Crippen LogP contribution in [0.5, 0.6) is 0 Å². The van der Waals surface area contributed by atoms with E-state index in [1.165, 1.54) is 4.31 Å². The summed E-state index contributed by atoms with van der Waals surface area (Å²) in [6.07, 6.45) is 6.27. The molecule has 0 unspecified atom stereocenters. The van der Waals surface area contributed by atoms with Gasteiger partial charge in [-0.3, -0.25) is 4.79 Å². The largest absolute Gasteiger partial charge is 0.464 e. The molecule has 3 rings (SSSR count). The summed E-state index contributed by atoms with van der Waals surface area (Å²) in [7, 11) is -3.70. The molecule has 0 radical (unpaired) electrons. The zero-order valence-electron chi connectivity index (χ0n) is 14.8. The highest BCUT2D eigenvalue weighted by Gasteiger charge is 2.51. The van der Waals surface area contributed by atoms with Gasteiger partial charge in [-0.15, -0.1) is 0 Å². The minimum absolute atomic E-state index is 0.0809. The summed E-state index contributed by atoms with van der Waals surface area (Å²) in [5.41, 5.74) is 0. The van der Waals surface area contributed by atoms with E-state index in [0.717, 1.165) is 38.5 Å². The van der Waals surface area contributed by atoms with Gasteiger partial charge >= 0.3 is 5.97 Å². The fourth-order valence-corrected chi connectivity index (χ4v) is 5.98. The van der Waals surface area contributed by atoms with E-state index in [4.69, 9.17) is 4.74 Å². The molecular weight excluding hydrogens is 338 g/mol. The number of nitrogens with zero attached hydrogens (tertiary/aromatic N) is 1. The Morgan fingerprint density at radius 1 is 1.20 bits per heavy atom. The second kappa shape index (κ2) is 7.87. The quantitative estimate of drug-likeness (QED) is 0.573. The van der Waals surface area contributed by atoms with E-state index >= 15 is 0 Å². The van der Waals surface area contributed by atoms with Gasteiger partial charge in [0.1, 0.15) is 6.04 Å². The van der Waals surface area contributed by atoms with E-state index in [1.54, 1.807) is 30.3 Å². The normalized spacial score (nSPS) is 27.0. The molecule has 6 heteroatoms. The zero-order valence-corrected chi connectivity index (χ0v) is 15.6. The number of esters is 1. The first-order chi connectivity index (χ1) is 12.1. The van der Waals surface area contributed by atoms with Crippen molar-refractivity contribution >= 4 is 16.0 Å². The molecule has 5 nitrogen and oxygen atoms in total. The summed E-state index contributed by atoms with van der Waals surface area (Å²) in [4.78, 5) is 12.9. The first kappa shape index (κ1) is 18.4. The van der Waals surface area contributed by atoms with Crippen LogP contribution in [0.1, 0.15) is 51.9 Å². The maximum Gasteiger partial charge on any atom is 0.324 e. The first-order valence-corrected chi connectivity index (χ1v) is 10.7. The first-order valence-electron chi connectivity index (χ1n) is 9.31. The van der Waals surface area contributed by atoms with Crippen molar-refractivity contribution in [3.05, 3.63) is 30.3 Å². The molecule has 1 aliphatic heterocycles. The number of ether oxygens (including phenoxy) is 1. The van der Waals surface area contributed by atoms with E-state index in [2.05, 4.69) is 0 Å². The summed E-state index contributed by atoms with van der Waals surface area (Å²) >= 11 is 0. The van der Waals surface area contributed by atoms with Crippen LogP contribution in [-0.4, -0.2) is 37.4 Å². The molecular formula is C19H27NO4S. The number of fused-ring (bicyclic) bond motifs is 1. The number of benzene rings is 1. The molecule has 0 bridgehead atoms. The molecule has 138 valence electrons. The minimum atomic E-state index is -3.70. The molecule has 1 aromatic carbocycles.